The number of nitrogens with one attached hydrogen (secondary N) is 1. The second kappa shape index (κ2) is 9.33. The summed E-state index contributed by atoms with van der Waals surface area (Å²) in [6.07, 6.45) is 4.24. The Hall–Kier alpha value is -1.84. The third kappa shape index (κ3) is 6.85. The van der Waals surface area contributed by atoms with Gasteiger partial charge in [-0.1, -0.05) is 25.5 Å². The Kier molecular flexibility index (Phi) is 7.79. The molecule has 1 atom stereocenters. The Morgan fingerprint density at radius 3 is 2.70 bits per heavy atom. The molecule has 0 fully saturated rings. The van der Waals surface area contributed by atoms with Crippen molar-refractivity contribution in [1.82, 2.24) is 0 Å². The first-order valence-corrected chi connectivity index (χ1v) is 8.39. The van der Waals surface area contributed by atoms with Gasteiger partial charge in [0.15, 0.2) is 0 Å². The van der Waals surface area contributed by atoms with Crippen LogP contribution in [0.2, 0.25) is 0 Å². The predicted molar refractivity (Wildman–Crippen MR) is 93.8 cm³/mol. The molecule has 1 rings (SSSR count). The molecule has 1 unspecified atom stereocenters. The van der Waals surface area contributed by atoms with Gasteiger partial charge in [-0.25, -0.2) is 4.79 Å². The van der Waals surface area contributed by atoms with Gasteiger partial charge in [-0.05, 0) is 51.7 Å². The number of esters is 1. The SMILES string of the molecule is CCNc1ccccc1C(=O)OC(C)(C)CCCC(C)CC=O. The molecule has 0 saturated carbocycles. The fourth-order valence-electron chi connectivity index (χ4n) is 2.52. The van der Waals surface area contributed by atoms with E-state index in [2.05, 4.69) is 12.2 Å². The minimum atomic E-state index is -0.517. The van der Waals surface area contributed by atoms with Crippen molar-refractivity contribution in [3.8, 4) is 0 Å². The Morgan fingerprint density at radius 2 is 2.04 bits per heavy atom. The highest BCUT2D eigenvalue weighted by Gasteiger charge is 2.24. The van der Waals surface area contributed by atoms with Gasteiger partial charge in [0, 0.05) is 18.7 Å². The van der Waals surface area contributed by atoms with Crippen LogP contribution in [0.4, 0.5) is 5.69 Å². The molecule has 0 spiro atoms. The van der Waals surface area contributed by atoms with Gasteiger partial charge in [0.1, 0.15) is 11.9 Å². The van der Waals surface area contributed by atoms with Crippen LogP contribution in [0.25, 0.3) is 0 Å². The van der Waals surface area contributed by atoms with Crippen molar-refractivity contribution in [3.05, 3.63) is 29.8 Å². The molecule has 0 bridgehead atoms. The van der Waals surface area contributed by atoms with Crippen molar-refractivity contribution >= 4 is 17.9 Å². The van der Waals surface area contributed by atoms with Crippen molar-refractivity contribution in [3.63, 3.8) is 0 Å². The minimum Gasteiger partial charge on any atom is -0.456 e. The molecule has 23 heavy (non-hydrogen) atoms. The summed E-state index contributed by atoms with van der Waals surface area (Å²) in [5.74, 6) is 0.0842. The number of carbonyl (C=O) groups is 2. The number of aldehydes is 1. The minimum absolute atomic E-state index is 0.299. The van der Waals surface area contributed by atoms with Crippen LogP contribution < -0.4 is 5.32 Å². The molecule has 4 heteroatoms. The lowest BCUT2D eigenvalue weighted by atomic mass is 9.95. The summed E-state index contributed by atoms with van der Waals surface area (Å²) in [6, 6.07) is 7.40. The molecule has 0 saturated heterocycles. The molecule has 0 aliphatic heterocycles. The van der Waals surface area contributed by atoms with E-state index >= 15 is 0 Å². The van der Waals surface area contributed by atoms with Crippen molar-refractivity contribution in [2.45, 2.75) is 59.0 Å². The highest BCUT2D eigenvalue weighted by atomic mass is 16.6. The molecule has 0 aromatic heterocycles. The zero-order chi connectivity index (χ0) is 17.3. The summed E-state index contributed by atoms with van der Waals surface area (Å²) in [5.41, 5.74) is 0.851. The molecular weight excluding hydrogens is 290 g/mol. The third-order valence-electron chi connectivity index (χ3n) is 3.86. The number of hydrogen-bond acceptors (Lipinski definition) is 4. The first kappa shape index (κ1) is 19.2. The van der Waals surface area contributed by atoms with E-state index in [-0.39, 0.29) is 5.97 Å². The lowest BCUT2D eigenvalue weighted by Crippen LogP contribution is -2.28. The fourth-order valence-corrected chi connectivity index (χ4v) is 2.52. The molecule has 1 aromatic carbocycles. The second-order valence-electron chi connectivity index (χ2n) is 6.62. The van der Waals surface area contributed by atoms with Crippen molar-refractivity contribution in [2.75, 3.05) is 11.9 Å². The van der Waals surface area contributed by atoms with Crippen LogP contribution in [0.3, 0.4) is 0 Å². The van der Waals surface area contributed by atoms with Gasteiger partial charge in [-0.3, -0.25) is 0 Å². The van der Waals surface area contributed by atoms with E-state index in [0.29, 0.717) is 17.9 Å². The number of benzene rings is 1. The molecular formula is C19H29NO3. The lowest BCUT2D eigenvalue weighted by Gasteiger charge is -2.26. The number of anilines is 1. The normalized spacial score (nSPS) is 12.5. The zero-order valence-electron chi connectivity index (χ0n) is 14.7. The number of carbonyl (C=O) groups excluding carboxylic acids is 2. The molecule has 0 radical (unpaired) electrons. The molecule has 4 nitrogen and oxygen atoms in total. The van der Waals surface area contributed by atoms with Crippen LogP contribution in [0, 0.1) is 5.92 Å². The third-order valence-corrected chi connectivity index (χ3v) is 3.86. The Bertz CT molecular complexity index is 511. The maximum atomic E-state index is 12.4. The van der Waals surface area contributed by atoms with Crippen LogP contribution in [0.5, 0.6) is 0 Å². The number of ether oxygens (including phenoxy) is 1. The highest BCUT2D eigenvalue weighted by Crippen LogP contribution is 2.24. The Labute approximate surface area is 139 Å². The van der Waals surface area contributed by atoms with Gasteiger partial charge in [0.25, 0.3) is 0 Å². The maximum absolute atomic E-state index is 12.4. The fraction of sp³-hybridized carbons (Fsp3) is 0.579. The summed E-state index contributed by atoms with van der Waals surface area (Å²) < 4.78 is 5.70. The number of rotatable bonds is 10. The lowest BCUT2D eigenvalue weighted by molar-refractivity contribution is -0.108. The van der Waals surface area contributed by atoms with E-state index in [0.717, 1.165) is 37.8 Å². The average molecular weight is 319 g/mol. The molecule has 0 aliphatic rings. The number of hydrogen-bond donors (Lipinski definition) is 1. The maximum Gasteiger partial charge on any atom is 0.340 e. The first-order valence-electron chi connectivity index (χ1n) is 8.39. The summed E-state index contributed by atoms with van der Waals surface area (Å²) in [7, 11) is 0. The van der Waals surface area contributed by atoms with Gasteiger partial charge in [0.2, 0.25) is 0 Å². The van der Waals surface area contributed by atoms with E-state index in [1.165, 1.54) is 0 Å². The molecule has 0 amide bonds. The van der Waals surface area contributed by atoms with E-state index in [1.807, 2.05) is 39.0 Å². The summed E-state index contributed by atoms with van der Waals surface area (Å²) in [5, 5.41) is 3.18. The number of para-hydroxylation sites is 1. The summed E-state index contributed by atoms with van der Waals surface area (Å²) in [6.45, 7) is 8.69. The molecule has 128 valence electrons. The van der Waals surface area contributed by atoms with E-state index in [1.54, 1.807) is 6.07 Å². The first-order chi connectivity index (χ1) is 10.9. The van der Waals surface area contributed by atoms with Crippen molar-refractivity contribution in [1.29, 1.82) is 0 Å². The second-order valence-corrected chi connectivity index (χ2v) is 6.62. The van der Waals surface area contributed by atoms with Crippen molar-refractivity contribution < 1.29 is 14.3 Å². The van der Waals surface area contributed by atoms with E-state index in [4.69, 9.17) is 4.74 Å². The molecule has 0 heterocycles. The quantitative estimate of drug-likeness (QED) is 0.511. The topological polar surface area (TPSA) is 55.4 Å². The zero-order valence-corrected chi connectivity index (χ0v) is 14.7. The predicted octanol–water partition coefficient (Wildman–Crippen LogP) is 4.45. The van der Waals surface area contributed by atoms with Gasteiger partial charge in [-0.15, -0.1) is 0 Å². The summed E-state index contributed by atoms with van der Waals surface area (Å²) >= 11 is 0. The van der Waals surface area contributed by atoms with Crippen molar-refractivity contribution in [2.24, 2.45) is 5.92 Å². The van der Waals surface area contributed by atoms with Gasteiger partial charge in [0.05, 0.1) is 5.56 Å². The Balaban J connectivity index is 2.59. The van der Waals surface area contributed by atoms with E-state index < -0.39 is 5.60 Å². The smallest absolute Gasteiger partial charge is 0.340 e. The Morgan fingerprint density at radius 1 is 1.35 bits per heavy atom. The van der Waals surface area contributed by atoms with Crippen LogP contribution in [0.15, 0.2) is 24.3 Å². The van der Waals surface area contributed by atoms with Crippen LogP contribution in [0.1, 0.15) is 63.7 Å². The standard InChI is InChI=1S/C19H29NO3/c1-5-20-17-11-7-6-10-16(17)18(22)23-19(3,4)13-8-9-15(2)12-14-21/h6-7,10-11,14-15,20H,5,8-9,12-13H2,1-4H3. The molecule has 1 aromatic rings. The molecule has 1 N–H and O–H groups in total. The van der Waals surface area contributed by atoms with Crippen LogP contribution in [-0.2, 0) is 9.53 Å². The largest absolute Gasteiger partial charge is 0.456 e. The van der Waals surface area contributed by atoms with Crippen LogP contribution in [-0.4, -0.2) is 24.4 Å². The summed E-state index contributed by atoms with van der Waals surface area (Å²) in [4.78, 5) is 22.9. The van der Waals surface area contributed by atoms with Gasteiger partial charge >= 0.3 is 5.97 Å². The highest BCUT2D eigenvalue weighted by molar-refractivity contribution is 5.95. The monoisotopic (exact) mass is 319 g/mol. The molecule has 0 aliphatic carbocycles. The average Bonchev–Trinajstić information content (AvgIpc) is 2.47. The van der Waals surface area contributed by atoms with Gasteiger partial charge in [-0.2, -0.15) is 0 Å². The van der Waals surface area contributed by atoms with E-state index in [9.17, 15) is 9.59 Å². The van der Waals surface area contributed by atoms with Gasteiger partial charge < -0.3 is 14.8 Å². The van der Waals surface area contributed by atoms with Crippen LogP contribution >= 0.6 is 0 Å².